The van der Waals surface area contributed by atoms with Gasteiger partial charge in [-0.15, -0.1) is 0 Å². The molecule has 0 aliphatic carbocycles. The van der Waals surface area contributed by atoms with E-state index in [-0.39, 0.29) is 5.91 Å². The van der Waals surface area contributed by atoms with Gasteiger partial charge in [-0.3, -0.25) is 4.79 Å². The lowest BCUT2D eigenvalue weighted by Crippen LogP contribution is -2.49. The van der Waals surface area contributed by atoms with Crippen molar-refractivity contribution in [2.24, 2.45) is 0 Å². The molecule has 0 saturated carbocycles. The molecule has 6 heteroatoms. The Bertz CT molecular complexity index is 391. The summed E-state index contributed by atoms with van der Waals surface area (Å²) in [5, 5.41) is 0. The fourth-order valence-electron chi connectivity index (χ4n) is 2.07. The van der Waals surface area contributed by atoms with E-state index in [0.29, 0.717) is 19.6 Å². The Morgan fingerprint density at radius 3 is 2.58 bits per heavy atom. The van der Waals surface area contributed by atoms with Gasteiger partial charge in [0.05, 0.1) is 13.0 Å². The number of hydrogen-bond acceptors (Lipinski definition) is 5. The lowest BCUT2D eigenvalue weighted by Gasteiger charge is -2.34. The van der Waals surface area contributed by atoms with Crippen molar-refractivity contribution >= 4 is 11.9 Å². The number of aromatic nitrogens is 2. The van der Waals surface area contributed by atoms with Crippen molar-refractivity contribution in [3.63, 3.8) is 0 Å². The summed E-state index contributed by atoms with van der Waals surface area (Å²) in [5.41, 5.74) is 0. The Morgan fingerprint density at radius 1 is 1.26 bits per heavy atom. The Labute approximate surface area is 113 Å². The highest BCUT2D eigenvalue weighted by atomic mass is 16.5. The number of amides is 1. The number of carbonyl (C=O) groups excluding carboxylic acids is 1. The van der Waals surface area contributed by atoms with E-state index in [9.17, 15) is 4.79 Å². The predicted octanol–water partition coefficient (Wildman–Crippen LogP) is 0.552. The van der Waals surface area contributed by atoms with Crippen molar-refractivity contribution in [3.8, 4) is 0 Å². The highest BCUT2D eigenvalue weighted by Gasteiger charge is 2.21. The fraction of sp³-hybridized carbons (Fsp3) is 0.615. The highest BCUT2D eigenvalue weighted by Crippen LogP contribution is 2.10. The third kappa shape index (κ3) is 3.89. The van der Waals surface area contributed by atoms with Crippen molar-refractivity contribution in [2.45, 2.75) is 13.3 Å². The molecule has 6 nitrogen and oxygen atoms in total. The van der Waals surface area contributed by atoms with Gasteiger partial charge in [0.1, 0.15) is 0 Å². The Morgan fingerprint density at radius 2 is 1.95 bits per heavy atom. The summed E-state index contributed by atoms with van der Waals surface area (Å²) in [7, 11) is 0. The van der Waals surface area contributed by atoms with Crippen LogP contribution in [0.3, 0.4) is 0 Å². The number of ether oxygens (including phenoxy) is 1. The first-order chi connectivity index (χ1) is 9.31. The molecule has 1 aromatic heterocycles. The predicted molar refractivity (Wildman–Crippen MR) is 71.9 cm³/mol. The molecule has 19 heavy (non-hydrogen) atoms. The summed E-state index contributed by atoms with van der Waals surface area (Å²) in [6, 6.07) is 1.80. The van der Waals surface area contributed by atoms with Crippen LogP contribution in [0.4, 0.5) is 5.95 Å². The molecule has 104 valence electrons. The van der Waals surface area contributed by atoms with Crippen LogP contribution >= 0.6 is 0 Å². The molecule has 1 saturated heterocycles. The lowest BCUT2D eigenvalue weighted by molar-refractivity contribution is -0.132. The molecule has 0 aromatic carbocycles. The van der Waals surface area contributed by atoms with Crippen molar-refractivity contribution < 1.29 is 9.53 Å². The second-order valence-corrected chi connectivity index (χ2v) is 4.36. The molecular formula is C13H20N4O2. The SMILES string of the molecule is CCOCCC(=O)N1CCN(c2ncccn2)CC1. The lowest BCUT2D eigenvalue weighted by atomic mass is 10.3. The molecule has 1 aliphatic heterocycles. The van der Waals surface area contributed by atoms with Crippen LogP contribution in [0.25, 0.3) is 0 Å². The van der Waals surface area contributed by atoms with E-state index in [1.165, 1.54) is 0 Å². The summed E-state index contributed by atoms with van der Waals surface area (Å²) in [5.74, 6) is 0.908. The standard InChI is InChI=1S/C13H20N4O2/c1-2-19-11-4-12(18)16-7-9-17(10-8-16)13-14-5-3-6-15-13/h3,5-6H,2,4,7-11H2,1H3. The first kappa shape index (κ1) is 13.7. The van der Waals surface area contributed by atoms with E-state index in [1.54, 1.807) is 18.5 Å². The molecule has 2 rings (SSSR count). The van der Waals surface area contributed by atoms with Gasteiger partial charge in [0.15, 0.2) is 0 Å². The molecule has 0 spiro atoms. The largest absolute Gasteiger partial charge is 0.381 e. The number of anilines is 1. The van der Waals surface area contributed by atoms with Crippen LogP contribution in [-0.2, 0) is 9.53 Å². The molecule has 0 radical (unpaired) electrons. The van der Waals surface area contributed by atoms with Crippen molar-refractivity contribution in [3.05, 3.63) is 18.5 Å². The minimum Gasteiger partial charge on any atom is -0.381 e. The van der Waals surface area contributed by atoms with Crippen LogP contribution in [0.1, 0.15) is 13.3 Å². The quantitative estimate of drug-likeness (QED) is 0.727. The highest BCUT2D eigenvalue weighted by molar-refractivity contribution is 5.76. The molecule has 1 aromatic rings. The molecule has 0 unspecified atom stereocenters. The first-order valence-electron chi connectivity index (χ1n) is 6.68. The van der Waals surface area contributed by atoms with Gasteiger partial charge in [-0.25, -0.2) is 9.97 Å². The minimum absolute atomic E-state index is 0.169. The Kier molecular flexibility index (Phi) is 5.09. The number of piperazine rings is 1. The molecule has 1 amide bonds. The van der Waals surface area contributed by atoms with Crippen LogP contribution in [0.2, 0.25) is 0 Å². The Balaban J connectivity index is 1.77. The molecule has 1 fully saturated rings. The van der Waals surface area contributed by atoms with Crippen LogP contribution < -0.4 is 4.90 Å². The van der Waals surface area contributed by atoms with E-state index in [1.807, 2.05) is 11.8 Å². The van der Waals surface area contributed by atoms with E-state index in [4.69, 9.17) is 4.74 Å². The zero-order chi connectivity index (χ0) is 13.5. The van der Waals surface area contributed by atoms with Crippen LogP contribution in [0.15, 0.2) is 18.5 Å². The average Bonchev–Trinajstić information content (AvgIpc) is 2.48. The zero-order valence-electron chi connectivity index (χ0n) is 11.3. The normalized spacial score (nSPS) is 15.6. The number of carbonyl (C=O) groups is 1. The van der Waals surface area contributed by atoms with Gasteiger partial charge in [0.2, 0.25) is 11.9 Å². The minimum atomic E-state index is 0.169. The number of nitrogens with zero attached hydrogens (tertiary/aromatic N) is 4. The van der Waals surface area contributed by atoms with Crippen molar-refractivity contribution in [2.75, 3.05) is 44.3 Å². The molecular weight excluding hydrogens is 244 g/mol. The molecule has 0 bridgehead atoms. The topological polar surface area (TPSA) is 58.6 Å². The first-order valence-corrected chi connectivity index (χ1v) is 6.68. The van der Waals surface area contributed by atoms with Crippen molar-refractivity contribution in [1.29, 1.82) is 0 Å². The van der Waals surface area contributed by atoms with E-state index >= 15 is 0 Å². The van der Waals surface area contributed by atoms with Gasteiger partial charge in [0.25, 0.3) is 0 Å². The average molecular weight is 264 g/mol. The third-order valence-corrected chi connectivity index (χ3v) is 3.13. The van der Waals surface area contributed by atoms with Gasteiger partial charge in [-0.2, -0.15) is 0 Å². The molecule has 2 heterocycles. The maximum absolute atomic E-state index is 11.9. The van der Waals surface area contributed by atoms with Gasteiger partial charge in [0, 0.05) is 45.2 Å². The second-order valence-electron chi connectivity index (χ2n) is 4.36. The van der Waals surface area contributed by atoms with Gasteiger partial charge in [-0.1, -0.05) is 0 Å². The van der Waals surface area contributed by atoms with Crippen LogP contribution in [0.5, 0.6) is 0 Å². The Hall–Kier alpha value is -1.69. The van der Waals surface area contributed by atoms with Gasteiger partial charge >= 0.3 is 0 Å². The van der Waals surface area contributed by atoms with Crippen LogP contribution in [-0.4, -0.2) is 60.2 Å². The molecule has 0 N–H and O–H groups in total. The van der Waals surface area contributed by atoms with Gasteiger partial charge < -0.3 is 14.5 Å². The van der Waals surface area contributed by atoms with E-state index in [0.717, 1.165) is 32.1 Å². The maximum atomic E-state index is 11.9. The summed E-state index contributed by atoms with van der Waals surface area (Å²) in [4.78, 5) is 24.4. The third-order valence-electron chi connectivity index (χ3n) is 3.13. The maximum Gasteiger partial charge on any atom is 0.225 e. The van der Waals surface area contributed by atoms with Gasteiger partial charge in [-0.05, 0) is 13.0 Å². The fourth-order valence-corrected chi connectivity index (χ4v) is 2.07. The molecule has 0 atom stereocenters. The molecule has 1 aliphatic rings. The summed E-state index contributed by atoms with van der Waals surface area (Å²) in [6.45, 7) is 6.12. The number of hydrogen-bond donors (Lipinski definition) is 0. The summed E-state index contributed by atoms with van der Waals surface area (Å²) >= 11 is 0. The smallest absolute Gasteiger partial charge is 0.225 e. The second kappa shape index (κ2) is 7.04. The van der Waals surface area contributed by atoms with Crippen LogP contribution in [0, 0.1) is 0 Å². The summed E-state index contributed by atoms with van der Waals surface area (Å²) in [6.07, 6.45) is 3.94. The van der Waals surface area contributed by atoms with E-state index in [2.05, 4.69) is 14.9 Å². The summed E-state index contributed by atoms with van der Waals surface area (Å²) < 4.78 is 5.21. The van der Waals surface area contributed by atoms with Crippen molar-refractivity contribution in [1.82, 2.24) is 14.9 Å². The zero-order valence-corrected chi connectivity index (χ0v) is 11.3. The van der Waals surface area contributed by atoms with E-state index < -0.39 is 0 Å². The number of rotatable bonds is 5. The monoisotopic (exact) mass is 264 g/mol.